The SMILES string of the molecule is N#Cc1cccc(C#N)c1-n1c2ccccc2c2c3c4ccccc4n(-c4ccccc4)c3ccc21. The Kier molecular flexibility index (Phi) is 4.24. The largest absolute Gasteiger partial charge is 0.309 e. The molecule has 4 heteroatoms. The molecule has 0 fully saturated rings. The van der Waals surface area contributed by atoms with Gasteiger partial charge >= 0.3 is 0 Å². The van der Waals surface area contributed by atoms with Crippen LogP contribution in [0.4, 0.5) is 0 Å². The molecule has 2 heterocycles. The lowest BCUT2D eigenvalue weighted by atomic mass is 10.1. The Balaban J connectivity index is 1.75. The lowest BCUT2D eigenvalue weighted by molar-refractivity contribution is 1.15. The standard InChI is InChI=1S/C32H18N4/c33-19-21-9-8-10-22(20-34)32(21)36-27-16-7-5-14-25(27)31-29(36)18-17-28-30(31)24-13-4-6-15-26(24)35(28)23-11-2-1-3-12-23/h1-18H. The molecular weight excluding hydrogens is 440 g/mol. The number of hydrogen-bond donors (Lipinski definition) is 0. The van der Waals surface area contributed by atoms with E-state index in [9.17, 15) is 10.5 Å². The lowest BCUT2D eigenvalue weighted by Crippen LogP contribution is -2.01. The minimum atomic E-state index is 0.475. The summed E-state index contributed by atoms with van der Waals surface area (Å²) in [5.41, 5.74) is 6.87. The Morgan fingerprint density at radius 1 is 0.444 bits per heavy atom. The van der Waals surface area contributed by atoms with E-state index in [1.165, 1.54) is 5.39 Å². The third-order valence-electron chi connectivity index (χ3n) is 6.99. The second-order valence-corrected chi connectivity index (χ2v) is 8.82. The second-order valence-electron chi connectivity index (χ2n) is 8.82. The summed E-state index contributed by atoms with van der Waals surface area (Å²) >= 11 is 0. The molecule has 36 heavy (non-hydrogen) atoms. The summed E-state index contributed by atoms with van der Waals surface area (Å²) in [7, 11) is 0. The lowest BCUT2D eigenvalue weighted by Gasteiger charge is -2.12. The molecule has 0 spiro atoms. The first kappa shape index (κ1) is 20.1. The molecule has 0 N–H and O–H groups in total. The topological polar surface area (TPSA) is 57.4 Å². The molecule has 0 saturated carbocycles. The first-order chi connectivity index (χ1) is 17.8. The predicted molar refractivity (Wildman–Crippen MR) is 145 cm³/mol. The van der Waals surface area contributed by atoms with Gasteiger partial charge in [-0.1, -0.05) is 60.7 Å². The van der Waals surface area contributed by atoms with Gasteiger partial charge in [0.05, 0.1) is 38.9 Å². The van der Waals surface area contributed by atoms with E-state index in [1.807, 2.05) is 18.2 Å². The van der Waals surface area contributed by atoms with Crippen LogP contribution >= 0.6 is 0 Å². The summed E-state index contributed by atoms with van der Waals surface area (Å²) < 4.78 is 4.38. The van der Waals surface area contributed by atoms with Crippen molar-refractivity contribution in [2.45, 2.75) is 0 Å². The molecule has 0 aliphatic heterocycles. The Morgan fingerprint density at radius 3 is 1.53 bits per heavy atom. The molecule has 166 valence electrons. The Labute approximate surface area is 207 Å². The van der Waals surface area contributed by atoms with Gasteiger partial charge in [0, 0.05) is 27.2 Å². The molecule has 0 radical (unpaired) electrons. The normalized spacial score (nSPS) is 11.3. The van der Waals surface area contributed by atoms with Gasteiger partial charge in [-0.25, -0.2) is 0 Å². The van der Waals surface area contributed by atoms with E-state index in [4.69, 9.17) is 0 Å². The first-order valence-corrected chi connectivity index (χ1v) is 11.8. The quantitative estimate of drug-likeness (QED) is 0.267. The van der Waals surface area contributed by atoms with Gasteiger partial charge in [-0.15, -0.1) is 0 Å². The van der Waals surface area contributed by atoms with Gasteiger partial charge < -0.3 is 9.13 Å². The Bertz CT molecular complexity index is 2030. The fraction of sp³-hybridized carbons (Fsp3) is 0. The maximum atomic E-state index is 9.95. The van der Waals surface area contributed by atoms with E-state index in [2.05, 4.69) is 94.1 Å². The molecule has 5 aromatic carbocycles. The van der Waals surface area contributed by atoms with Gasteiger partial charge in [0.2, 0.25) is 0 Å². The number of aromatic nitrogens is 2. The summed E-state index contributed by atoms with van der Waals surface area (Å²) in [6, 6.07) is 41.3. The highest BCUT2D eigenvalue weighted by molar-refractivity contribution is 6.28. The van der Waals surface area contributed by atoms with E-state index >= 15 is 0 Å². The van der Waals surface area contributed by atoms with Gasteiger partial charge in [-0.3, -0.25) is 0 Å². The predicted octanol–water partition coefficient (Wildman–Crippen LogP) is 7.62. The van der Waals surface area contributed by atoms with Crippen molar-refractivity contribution in [2.75, 3.05) is 0 Å². The monoisotopic (exact) mass is 458 g/mol. The Morgan fingerprint density at radius 2 is 0.944 bits per heavy atom. The van der Waals surface area contributed by atoms with Crippen LogP contribution in [0.1, 0.15) is 11.1 Å². The maximum Gasteiger partial charge on any atom is 0.101 e. The smallest absolute Gasteiger partial charge is 0.101 e. The Hall–Kier alpha value is -5.32. The van der Waals surface area contributed by atoms with E-state index in [0.29, 0.717) is 16.8 Å². The van der Waals surface area contributed by atoms with Crippen molar-refractivity contribution >= 4 is 43.6 Å². The number of benzene rings is 5. The molecule has 0 amide bonds. The number of rotatable bonds is 2. The summed E-state index contributed by atoms with van der Waals surface area (Å²) in [5, 5.41) is 24.4. The van der Waals surface area contributed by atoms with Gasteiger partial charge in [0.15, 0.2) is 0 Å². The fourth-order valence-corrected chi connectivity index (χ4v) is 5.58. The van der Waals surface area contributed by atoms with Crippen LogP contribution in [0.3, 0.4) is 0 Å². The van der Waals surface area contributed by atoms with Crippen LogP contribution < -0.4 is 0 Å². The second kappa shape index (κ2) is 7.60. The molecule has 2 aromatic heterocycles. The summed E-state index contributed by atoms with van der Waals surface area (Å²) in [5.74, 6) is 0. The van der Waals surface area contributed by atoms with Gasteiger partial charge in [-0.2, -0.15) is 10.5 Å². The highest BCUT2D eigenvalue weighted by atomic mass is 15.0. The number of para-hydroxylation sites is 4. The third kappa shape index (κ3) is 2.61. The van der Waals surface area contributed by atoms with Crippen molar-refractivity contribution in [1.29, 1.82) is 10.5 Å². The van der Waals surface area contributed by atoms with Crippen LogP contribution in [0.2, 0.25) is 0 Å². The minimum Gasteiger partial charge on any atom is -0.309 e. The molecule has 0 aliphatic carbocycles. The number of nitriles is 2. The zero-order chi connectivity index (χ0) is 24.2. The van der Waals surface area contributed by atoms with Crippen molar-refractivity contribution in [3.8, 4) is 23.5 Å². The van der Waals surface area contributed by atoms with Crippen LogP contribution in [0, 0.1) is 22.7 Å². The highest BCUT2D eigenvalue weighted by Gasteiger charge is 2.22. The molecular formula is C32H18N4. The first-order valence-electron chi connectivity index (χ1n) is 11.8. The van der Waals surface area contributed by atoms with Crippen LogP contribution in [0.5, 0.6) is 0 Å². The van der Waals surface area contributed by atoms with Gasteiger partial charge in [0.25, 0.3) is 0 Å². The van der Waals surface area contributed by atoms with Crippen molar-refractivity contribution in [1.82, 2.24) is 9.13 Å². The molecule has 4 nitrogen and oxygen atoms in total. The summed E-state index contributed by atoms with van der Waals surface area (Å²) in [4.78, 5) is 0. The van der Waals surface area contributed by atoms with Gasteiger partial charge in [-0.05, 0) is 48.5 Å². The molecule has 7 aromatic rings. The van der Waals surface area contributed by atoms with Crippen molar-refractivity contribution < 1.29 is 0 Å². The van der Waals surface area contributed by atoms with Crippen molar-refractivity contribution in [3.63, 3.8) is 0 Å². The zero-order valence-corrected chi connectivity index (χ0v) is 19.2. The molecule has 0 atom stereocenters. The maximum absolute atomic E-state index is 9.95. The van der Waals surface area contributed by atoms with Crippen molar-refractivity contribution in [3.05, 3.63) is 120 Å². The van der Waals surface area contributed by atoms with E-state index in [-0.39, 0.29) is 0 Å². The summed E-state index contributed by atoms with van der Waals surface area (Å²) in [6.45, 7) is 0. The van der Waals surface area contributed by atoms with E-state index in [1.54, 1.807) is 18.2 Å². The van der Waals surface area contributed by atoms with Crippen LogP contribution in [0.15, 0.2) is 109 Å². The highest BCUT2D eigenvalue weighted by Crippen LogP contribution is 2.42. The molecule has 0 unspecified atom stereocenters. The molecule has 0 aliphatic rings. The van der Waals surface area contributed by atoms with E-state index < -0.39 is 0 Å². The van der Waals surface area contributed by atoms with Crippen LogP contribution in [0.25, 0.3) is 55.0 Å². The molecule has 0 bridgehead atoms. The fourth-order valence-electron chi connectivity index (χ4n) is 5.58. The van der Waals surface area contributed by atoms with Crippen LogP contribution in [-0.4, -0.2) is 9.13 Å². The van der Waals surface area contributed by atoms with E-state index in [0.717, 1.165) is 43.9 Å². The number of nitrogens with zero attached hydrogens (tertiary/aromatic N) is 4. The summed E-state index contributed by atoms with van der Waals surface area (Å²) in [6.07, 6.45) is 0. The number of hydrogen-bond acceptors (Lipinski definition) is 2. The zero-order valence-electron chi connectivity index (χ0n) is 19.2. The average Bonchev–Trinajstić information content (AvgIpc) is 3.45. The average molecular weight is 459 g/mol. The number of fused-ring (bicyclic) bond motifs is 7. The van der Waals surface area contributed by atoms with Crippen LogP contribution in [-0.2, 0) is 0 Å². The van der Waals surface area contributed by atoms with Gasteiger partial charge in [0.1, 0.15) is 12.1 Å². The molecule has 0 saturated heterocycles. The minimum absolute atomic E-state index is 0.475. The third-order valence-corrected chi connectivity index (χ3v) is 6.99. The van der Waals surface area contributed by atoms with Crippen molar-refractivity contribution in [2.24, 2.45) is 0 Å². The molecule has 7 rings (SSSR count).